The third kappa shape index (κ3) is 6.56. The number of hydrogen-bond acceptors (Lipinski definition) is 5. The molecule has 0 spiro atoms. The Morgan fingerprint density at radius 3 is 2.55 bits per heavy atom. The van der Waals surface area contributed by atoms with Gasteiger partial charge in [0.25, 0.3) is 0 Å². The van der Waals surface area contributed by atoms with Crippen LogP contribution in [0.3, 0.4) is 0 Å². The van der Waals surface area contributed by atoms with Crippen molar-refractivity contribution in [3.8, 4) is 5.75 Å². The Balaban J connectivity index is 1.55. The Morgan fingerprint density at radius 2 is 1.90 bits per heavy atom. The highest BCUT2D eigenvalue weighted by Gasteiger charge is 2.34. The summed E-state index contributed by atoms with van der Waals surface area (Å²) in [5.41, 5.74) is 1.17. The lowest BCUT2D eigenvalue weighted by Crippen LogP contribution is -2.56. The van der Waals surface area contributed by atoms with Crippen LogP contribution in [0.5, 0.6) is 5.75 Å². The Hall–Kier alpha value is -1.89. The van der Waals surface area contributed by atoms with Gasteiger partial charge in [-0.15, -0.1) is 0 Å². The molecule has 2 aliphatic rings. The molecule has 0 aliphatic carbocycles. The second-order valence-electron chi connectivity index (χ2n) is 8.32. The predicted octanol–water partition coefficient (Wildman–Crippen LogP) is 2.51. The summed E-state index contributed by atoms with van der Waals surface area (Å²) in [5.74, 6) is 0.616. The van der Waals surface area contributed by atoms with E-state index < -0.39 is 5.97 Å². The zero-order valence-corrected chi connectivity index (χ0v) is 17.8. The molecule has 6 nitrogen and oxygen atoms in total. The summed E-state index contributed by atoms with van der Waals surface area (Å²) in [6.07, 6.45) is 6.53. The molecule has 0 unspecified atom stereocenters. The fourth-order valence-corrected chi connectivity index (χ4v) is 4.54. The summed E-state index contributed by atoms with van der Waals surface area (Å²) in [4.78, 5) is 18.6. The molecule has 160 valence electrons. The molecule has 0 amide bonds. The maximum atomic E-state index is 11.2. The zero-order valence-electron chi connectivity index (χ0n) is 17.8. The molecule has 0 radical (unpaired) electrons. The van der Waals surface area contributed by atoms with Crippen molar-refractivity contribution < 1.29 is 14.6 Å². The average molecular weight is 402 g/mol. The first-order chi connectivity index (χ1) is 14.0. The van der Waals surface area contributed by atoms with E-state index >= 15 is 0 Å². The minimum absolute atomic E-state index is 0.268. The minimum atomic E-state index is -0.682. The number of nitrogens with zero attached hydrogens (tertiary/aromatic N) is 3. The van der Waals surface area contributed by atoms with Gasteiger partial charge in [-0.2, -0.15) is 0 Å². The van der Waals surface area contributed by atoms with Gasteiger partial charge in [0.05, 0.1) is 7.11 Å². The van der Waals surface area contributed by atoms with Gasteiger partial charge < -0.3 is 14.7 Å². The van der Waals surface area contributed by atoms with Gasteiger partial charge in [0.1, 0.15) is 5.75 Å². The summed E-state index contributed by atoms with van der Waals surface area (Å²) in [6, 6.07) is 8.59. The van der Waals surface area contributed by atoms with Crippen LogP contribution < -0.4 is 4.74 Å². The number of rotatable bonds is 8. The van der Waals surface area contributed by atoms with Crippen molar-refractivity contribution in [3.05, 3.63) is 35.9 Å². The van der Waals surface area contributed by atoms with Crippen molar-refractivity contribution in [2.75, 3.05) is 60.0 Å². The van der Waals surface area contributed by atoms with Crippen LogP contribution in [-0.4, -0.2) is 91.8 Å². The first-order valence-corrected chi connectivity index (χ1v) is 10.7. The molecule has 2 atom stereocenters. The molecule has 29 heavy (non-hydrogen) atoms. The quantitative estimate of drug-likeness (QED) is 0.722. The van der Waals surface area contributed by atoms with Gasteiger partial charge in [-0.1, -0.05) is 24.3 Å². The zero-order chi connectivity index (χ0) is 20.6. The van der Waals surface area contributed by atoms with Crippen LogP contribution in [0.2, 0.25) is 0 Å². The molecule has 1 N–H and O–H groups in total. The van der Waals surface area contributed by atoms with Crippen LogP contribution in [0.25, 0.3) is 6.08 Å². The van der Waals surface area contributed by atoms with E-state index in [9.17, 15) is 9.90 Å². The number of hydrogen-bond donors (Lipinski definition) is 1. The lowest BCUT2D eigenvalue weighted by molar-refractivity contribution is -0.137. The highest BCUT2D eigenvalue weighted by molar-refractivity contribution is 5.66. The normalized spacial score (nSPS) is 24.8. The first kappa shape index (κ1) is 21.8. The number of ether oxygens (including phenoxy) is 1. The van der Waals surface area contributed by atoms with Crippen LogP contribution in [0.15, 0.2) is 30.3 Å². The smallest absolute Gasteiger partial charge is 0.303 e. The SMILES string of the molecule is COc1ccc(/C=C/CN2CC[C@H](N3CCN(C)CC3)[C@H](CCC(=O)O)C2)cc1. The molecule has 2 saturated heterocycles. The van der Waals surface area contributed by atoms with Crippen molar-refractivity contribution in [3.63, 3.8) is 0 Å². The Kier molecular flexibility index (Phi) is 8.09. The Labute approximate surface area is 174 Å². The summed E-state index contributed by atoms with van der Waals surface area (Å²) in [5, 5.41) is 9.19. The lowest BCUT2D eigenvalue weighted by atomic mass is 9.86. The van der Waals surface area contributed by atoms with E-state index in [1.807, 2.05) is 12.1 Å². The molecular formula is C23H35N3O3. The largest absolute Gasteiger partial charge is 0.497 e. The highest BCUT2D eigenvalue weighted by Crippen LogP contribution is 2.27. The highest BCUT2D eigenvalue weighted by atomic mass is 16.5. The molecule has 0 aromatic heterocycles. The van der Waals surface area contributed by atoms with Gasteiger partial charge in [-0.3, -0.25) is 14.6 Å². The van der Waals surface area contributed by atoms with Crippen molar-refractivity contribution in [2.24, 2.45) is 5.92 Å². The molecule has 6 heteroatoms. The number of carboxylic acids is 1. The molecule has 3 rings (SSSR count). The average Bonchev–Trinajstić information content (AvgIpc) is 2.73. The molecule has 2 heterocycles. The number of methoxy groups -OCH3 is 1. The van der Waals surface area contributed by atoms with E-state index in [4.69, 9.17) is 4.74 Å². The van der Waals surface area contributed by atoms with Crippen LogP contribution in [-0.2, 0) is 4.79 Å². The minimum Gasteiger partial charge on any atom is -0.497 e. The topological polar surface area (TPSA) is 56.2 Å². The van der Waals surface area contributed by atoms with E-state index in [-0.39, 0.29) is 6.42 Å². The fourth-order valence-electron chi connectivity index (χ4n) is 4.54. The van der Waals surface area contributed by atoms with E-state index in [1.165, 1.54) is 5.56 Å². The van der Waals surface area contributed by atoms with Gasteiger partial charge in [-0.25, -0.2) is 0 Å². The van der Waals surface area contributed by atoms with Crippen molar-refractivity contribution in [1.29, 1.82) is 0 Å². The molecule has 1 aromatic rings. The molecule has 0 bridgehead atoms. The van der Waals surface area contributed by atoms with E-state index in [0.717, 1.165) is 64.4 Å². The number of piperidine rings is 1. The second kappa shape index (κ2) is 10.8. The number of likely N-dealkylation sites (N-methyl/N-ethyl adjacent to an activating group) is 1. The Bertz CT molecular complexity index is 668. The number of carboxylic acid groups (broad SMARTS) is 1. The predicted molar refractivity (Wildman–Crippen MR) is 116 cm³/mol. The van der Waals surface area contributed by atoms with Crippen LogP contribution in [0.1, 0.15) is 24.8 Å². The van der Waals surface area contributed by atoms with Crippen molar-refractivity contribution >= 4 is 12.0 Å². The van der Waals surface area contributed by atoms with E-state index in [1.54, 1.807) is 7.11 Å². The Morgan fingerprint density at radius 1 is 1.17 bits per heavy atom. The van der Waals surface area contributed by atoms with Crippen LogP contribution in [0, 0.1) is 5.92 Å². The number of benzene rings is 1. The summed E-state index contributed by atoms with van der Waals surface area (Å²) in [6.45, 7) is 7.38. The summed E-state index contributed by atoms with van der Waals surface area (Å²) < 4.78 is 5.21. The molecule has 2 aliphatic heterocycles. The standard InChI is InChI=1S/C23H35N3O3/c1-24-14-16-26(17-15-24)22-11-13-25(18-20(22)7-10-23(27)28)12-3-4-19-5-8-21(29-2)9-6-19/h3-6,8-9,20,22H,7,10-18H2,1-2H3,(H,27,28)/b4-3+/t20-,22+/m1/s1. The van der Waals surface area contributed by atoms with Crippen LogP contribution >= 0.6 is 0 Å². The number of carbonyl (C=O) groups is 1. The van der Waals surface area contributed by atoms with E-state index in [2.05, 4.69) is 46.0 Å². The number of likely N-dealkylation sites (tertiary alicyclic amines) is 1. The first-order valence-electron chi connectivity index (χ1n) is 10.7. The molecule has 2 fully saturated rings. The third-order valence-electron chi connectivity index (χ3n) is 6.30. The molecule has 1 aromatic carbocycles. The fraction of sp³-hybridized carbons (Fsp3) is 0.609. The van der Waals surface area contributed by atoms with Gasteiger partial charge in [0.2, 0.25) is 0 Å². The summed E-state index contributed by atoms with van der Waals surface area (Å²) in [7, 11) is 3.86. The van der Waals surface area contributed by atoms with Gasteiger partial charge >= 0.3 is 5.97 Å². The maximum absolute atomic E-state index is 11.2. The van der Waals surface area contributed by atoms with Crippen molar-refractivity contribution in [2.45, 2.75) is 25.3 Å². The second-order valence-corrected chi connectivity index (χ2v) is 8.32. The molecule has 0 saturated carbocycles. The number of piperazine rings is 1. The van der Waals surface area contributed by atoms with Crippen molar-refractivity contribution in [1.82, 2.24) is 14.7 Å². The van der Waals surface area contributed by atoms with Gasteiger partial charge in [0.15, 0.2) is 0 Å². The van der Waals surface area contributed by atoms with Gasteiger partial charge in [0, 0.05) is 51.7 Å². The summed E-state index contributed by atoms with van der Waals surface area (Å²) >= 11 is 0. The third-order valence-corrected chi connectivity index (χ3v) is 6.30. The van der Waals surface area contributed by atoms with E-state index in [0.29, 0.717) is 12.0 Å². The number of aliphatic carboxylic acids is 1. The maximum Gasteiger partial charge on any atom is 0.303 e. The van der Waals surface area contributed by atoms with Crippen LogP contribution in [0.4, 0.5) is 0 Å². The monoisotopic (exact) mass is 401 g/mol. The lowest BCUT2D eigenvalue weighted by Gasteiger charge is -2.46. The van der Waals surface area contributed by atoms with Gasteiger partial charge in [-0.05, 0) is 50.0 Å². The molecular weight excluding hydrogens is 366 g/mol.